The first-order valence-electron chi connectivity index (χ1n) is 12.1. The molecule has 3 atom stereocenters. The van der Waals surface area contributed by atoms with Gasteiger partial charge in [0.25, 0.3) is 11.8 Å². The number of thioether (sulfide) groups is 3. The van der Waals surface area contributed by atoms with Gasteiger partial charge in [0.1, 0.15) is 27.1 Å². The van der Waals surface area contributed by atoms with Crippen molar-refractivity contribution in [3.8, 4) is 0 Å². The molecule has 0 radical (unpaired) electrons. The van der Waals surface area contributed by atoms with E-state index in [1.807, 2.05) is 0 Å². The number of rotatable bonds is 12. The van der Waals surface area contributed by atoms with Crippen molar-refractivity contribution in [3.63, 3.8) is 0 Å². The number of pyridine rings is 1. The van der Waals surface area contributed by atoms with Gasteiger partial charge in [0.05, 0.1) is 6.04 Å². The fraction of sp³-hybridized carbons (Fsp3) is 0.348. The number of nitrogens with zero attached hydrogens (tertiary/aromatic N) is 4. The van der Waals surface area contributed by atoms with Crippen molar-refractivity contribution in [2.45, 2.75) is 35.0 Å². The highest BCUT2D eigenvalue weighted by Crippen LogP contribution is 2.46. The van der Waals surface area contributed by atoms with Crippen LogP contribution in [0.4, 0.5) is 5.13 Å². The number of hydrogen-bond donors (Lipinski definition) is 6. The number of nitrogens with two attached hydrogens (primary N) is 2. The zero-order valence-electron chi connectivity index (χ0n) is 21.8. The Morgan fingerprint density at radius 1 is 1.38 bits per heavy atom. The Kier molecular flexibility index (Phi) is 10.7. The lowest BCUT2D eigenvalue weighted by Gasteiger charge is -2.49. The molecule has 2 aromatic heterocycles. The van der Waals surface area contributed by atoms with Crippen LogP contribution in [0.2, 0.25) is 4.34 Å². The number of β-lactam (4-membered cyclic amide) rings is 1. The molecule has 0 spiro atoms. The number of amides is 3. The number of carboxylic acids is 1. The standard InChI is InChI=1S/C23H25ClN8O6S4/c1-9(26)18(33)30-23-29-13(17(24)42-23)14(31-38)19(34)28-15-20(35)32-16(22(36)37)12(8-40-21(15)32)41-11-2-4-27-6-10(11)7-39-5-3-25/h2,4,6,9,15,21,38H,3,5,7-8,25-26H2,1H3,(H,28,34)(H,36,37)(H,29,30,33)/b31-14-/t9-,15+,21-/m0/s1. The monoisotopic (exact) mass is 672 g/mol. The van der Waals surface area contributed by atoms with Crippen molar-refractivity contribution in [2.24, 2.45) is 16.6 Å². The van der Waals surface area contributed by atoms with Crippen LogP contribution in [0.1, 0.15) is 18.2 Å². The number of oxime groups is 1. The van der Waals surface area contributed by atoms with Crippen LogP contribution >= 0.6 is 58.2 Å². The topological polar surface area (TPSA) is 226 Å². The highest BCUT2D eigenvalue weighted by molar-refractivity contribution is 8.06. The van der Waals surface area contributed by atoms with Gasteiger partial charge in [-0.3, -0.25) is 24.3 Å². The maximum absolute atomic E-state index is 13.2. The fourth-order valence-electron chi connectivity index (χ4n) is 3.82. The lowest BCUT2D eigenvalue weighted by Crippen LogP contribution is -2.71. The summed E-state index contributed by atoms with van der Waals surface area (Å²) in [4.78, 5) is 61.0. The van der Waals surface area contributed by atoms with E-state index >= 15 is 0 Å². The summed E-state index contributed by atoms with van der Waals surface area (Å²) >= 11 is 11.2. The number of anilines is 1. The van der Waals surface area contributed by atoms with Crippen molar-refractivity contribution >= 4 is 92.8 Å². The van der Waals surface area contributed by atoms with E-state index in [9.17, 15) is 29.5 Å². The largest absolute Gasteiger partial charge is 0.477 e. The summed E-state index contributed by atoms with van der Waals surface area (Å²) in [7, 11) is 0. The van der Waals surface area contributed by atoms with Gasteiger partial charge >= 0.3 is 5.97 Å². The minimum Gasteiger partial charge on any atom is -0.477 e. The lowest BCUT2D eigenvalue weighted by molar-refractivity contribution is -0.150. The predicted octanol–water partition coefficient (Wildman–Crippen LogP) is 1.34. The number of carbonyl (C=O) groups is 4. The van der Waals surface area contributed by atoms with E-state index in [1.54, 1.807) is 30.2 Å². The van der Waals surface area contributed by atoms with Crippen LogP contribution in [0.3, 0.4) is 0 Å². The normalized spacial score (nSPS) is 19.2. The number of nitrogens with one attached hydrogen (secondary N) is 2. The van der Waals surface area contributed by atoms with E-state index < -0.39 is 46.9 Å². The van der Waals surface area contributed by atoms with Crippen LogP contribution in [0, 0.1) is 0 Å². The first-order valence-corrected chi connectivity index (χ1v) is 16.3. The van der Waals surface area contributed by atoms with Gasteiger partial charge in [-0.15, -0.1) is 11.8 Å². The fourth-order valence-corrected chi connectivity index (χ4v) is 8.29. The van der Waals surface area contributed by atoms with Gasteiger partial charge in [0.2, 0.25) is 5.91 Å². The highest BCUT2D eigenvalue weighted by atomic mass is 35.5. The van der Waals surface area contributed by atoms with Crippen LogP contribution in [0.15, 0.2) is 39.1 Å². The Morgan fingerprint density at radius 2 is 2.14 bits per heavy atom. The minimum absolute atomic E-state index is 0.0246. The molecular weight excluding hydrogens is 648 g/mol. The lowest BCUT2D eigenvalue weighted by atomic mass is 10.0. The molecule has 4 heterocycles. The third-order valence-corrected chi connectivity index (χ3v) is 10.7. The van der Waals surface area contributed by atoms with Gasteiger partial charge in [0, 0.05) is 46.0 Å². The molecule has 224 valence electrons. The van der Waals surface area contributed by atoms with Gasteiger partial charge in [0.15, 0.2) is 10.8 Å². The van der Waals surface area contributed by atoms with E-state index in [0.29, 0.717) is 17.2 Å². The van der Waals surface area contributed by atoms with Gasteiger partial charge in [-0.1, -0.05) is 39.9 Å². The number of carboxylic acid groups (broad SMARTS) is 1. The van der Waals surface area contributed by atoms with Crippen LogP contribution in [-0.2, 0) is 24.9 Å². The molecule has 2 aliphatic heterocycles. The Hall–Kier alpha value is -2.87. The van der Waals surface area contributed by atoms with Crippen molar-refractivity contribution < 1.29 is 29.5 Å². The molecule has 2 aromatic rings. The van der Waals surface area contributed by atoms with E-state index in [2.05, 4.69) is 25.8 Å². The summed E-state index contributed by atoms with van der Waals surface area (Å²) in [5.74, 6) is -1.75. The Bertz CT molecular complexity index is 1470. The zero-order chi connectivity index (χ0) is 30.6. The molecule has 1 fully saturated rings. The number of thiazole rings is 1. The second kappa shape index (κ2) is 14.1. The third-order valence-electron chi connectivity index (χ3n) is 5.80. The Morgan fingerprint density at radius 3 is 2.81 bits per heavy atom. The summed E-state index contributed by atoms with van der Waals surface area (Å²) in [5.41, 5.74) is 11.1. The average molecular weight is 673 g/mol. The molecule has 1 saturated heterocycles. The van der Waals surface area contributed by atoms with Gasteiger partial charge in [-0.2, -0.15) is 11.8 Å². The molecule has 0 aromatic carbocycles. The maximum atomic E-state index is 13.2. The molecule has 4 rings (SSSR count). The van der Waals surface area contributed by atoms with E-state index in [1.165, 1.54) is 30.4 Å². The predicted molar refractivity (Wildman–Crippen MR) is 163 cm³/mol. The van der Waals surface area contributed by atoms with Crippen LogP contribution in [-0.4, -0.2) is 90.1 Å². The van der Waals surface area contributed by atoms with Crippen molar-refractivity contribution in [1.29, 1.82) is 0 Å². The molecule has 2 aliphatic rings. The summed E-state index contributed by atoms with van der Waals surface area (Å²) in [6.45, 7) is 2.00. The second-order valence-corrected chi connectivity index (χ2v) is 13.7. The molecular formula is C23H25ClN8O6S4. The SMILES string of the molecule is C[C@H](N)C(=O)Nc1nc(/C(=N/O)C(=O)N[C@@H]2C(=O)N3C(C(=O)O)=C(Sc4ccncc4CSCCN)CS[C@@H]23)c(Cl)s1. The Labute approximate surface area is 261 Å². The number of aliphatic carboxylic acids is 1. The van der Waals surface area contributed by atoms with Crippen LogP contribution < -0.4 is 22.1 Å². The first-order chi connectivity index (χ1) is 20.1. The number of aromatic nitrogens is 2. The quantitative estimate of drug-likeness (QED) is 0.0616. The van der Waals surface area contributed by atoms with Gasteiger partial charge in [-0.25, -0.2) is 9.78 Å². The highest BCUT2D eigenvalue weighted by Gasteiger charge is 2.54. The zero-order valence-corrected chi connectivity index (χ0v) is 25.8. The number of fused-ring (bicyclic) bond motifs is 1. The van der Waals surface area contributed by atoms with Crippen molar-refractivity contribution in [1.82, 2.24) is 20.2 Å². The number of hydrogen-bond acceptors (Lipinski definition) is 14. The summed E-state index contributed by atoms with van der Waals surface area (Å²) in [6, 6.07) is -0.138. The van der Waals surface area contributed by atoms with Crippen LogP contribution in [0.5, 0.6) is 0 Å². The summed E-state index contributed by atoms with van der Waals surface area (Å²) < 4.78 is -0.0544. The van der Waals surface area contributed by atoms with E-state index in [-0.39, 0.29) is 26.6 Å². The molecule has 3 amide bonds. The molecule has 14 nitrogen and oxygen atoms in total. The molecule has 0 saturated carbocycles. The maximum Gasteiger partial charge on any atom is 0.353 e. The smallest absolute Gasteiger partial charge is 0.353 e. The van der Waals surface area contributed by atoms with Crippen molar-refractivity contribution in [3.05, 3.63) is 44.7 Å². The molecule has 0 bridgehead atoms. The van der Waals surface area contributed by atoms with Crippen LogP contribution in [0.25, 0.3) is 0 Å². The second-order valence-electron chi connectivity index (χ2n) is 8.73. The van der Waals surface area contributed by atoms with E-state index in [0.717, 1.165) is 32.4 Å². The molecule has 42 heavy (non-hydrogen) atoms. The van der Waals surface area contributed by atoms with Gasteiger partial charge in [-0.05, 0) is 18.6 Å². The number of halogens is 1. The summed E-state index contributed by atoms with van der Waals surface area (Å²) in [6.07, 6.45) is 3.33. The first kappa shape index (κ1) is 32.1. The molecule has 0 unspecified atom stereocenters. The van der Waals surface area contributed by atoms with E-state index in [4.69, 9.17) is 23.1 Å². The molecule has 8 N–H and O–H groups in total. The summed E-state index contributed by atoms with van der Waals surface area (Å²) in [5, 5.41) is 26.8. The molecule has 19 heteroatoms. The average Bonchev–Trinajstić information content (AvgIpc) is 3.31. The van der Waals surface area contributed by atoms with Crippen molar-refractivity contribution in [2.75, 3.05) is 23.4 Å². The minimum atomic E-state index is -1.28. The molecule has 0 aliphatic carbocycles. The third kappa shape index (κ3) is 6.85. The number of carbonyl (C=O) groups excluding carboxylic acids is 3. The van der Waals surface area contributed by atoms with Gasteiger partial charge < -0.3 is 32.4 Å². The Balaban J connectivity index is 1.49.